The van der Waals surface area contributed by atoms with E-state index in [1.165, 1.54) is 12.1 Å². The number of rotatable bonds is 11. The number of non-ortho nitro benzene ring substituents is 1. The highest BCUT2D eigenvalue weighted by Gasteiger charge is 2.09. The Morgan fingerprint density at radius 1 is 1.03 bits per heavy atom. The minimum absolute atomic E-state index is 0. The minimum Gasteiger partial charge on any atom is -0.493 e. The van der Waals surface area contributed by atoms with Gasteiger partial charge in [-0.15, -0.1) is 12.4 Å². The number of hydrogen-bond acceptors (Lipinski definition) is 7. The van der Waals surface area contributed by atoms with E-state index in [-0.39, 0.29) is 18.1 Å². The SMILES string of the molecule is COc1cc(CNCCNc2ccc([N+](=O)[O-])cc2Cl)ccc1OCc1ccc(Cl)nc1.Cl. The highest BCUT2D eigenvalue weighted by Crippen LogP contribution is 2.29. The predicted octanol–water partition coefficient (Wildman–Crippen LogP) is 5.51. The lowest BCUT2D eigenvalue weighted by molar-refractivity contribution is -0.384. The van der Waals surface area contributed by atoms with Crippen molar-refractivity contribution < 1.29 is 14.4 Å². The van der Waals surface area contributed by atoms with Crippen molar-refractivity contribution in [1.82, 2.24) is 10.3 Å². The number of aromatic nitrogens is 1. The van der Waals surface area contributed by atoms with E-state index in [9.17, 15) is 10.1 Å². The smallest absolute Gasteiger partial charge is 0.271 e. The molecular formula is C22H23Cl3N4O4. The van der Waals surface area contributed by atoms with Gasteiger partial charge in [-0.25, -0.2) is 4.98 Å². The number of hydrogen-bond donors (Lipinski definition) is 2. The number of ether oxygens (including phenoxy) is 2. The number of halogens is 3. The standard InChI is InChI=1S/C22H22Cl2N4O4.ClH/c1-31-21-10-15(2-6-20(21)32-14-16-3-7-22(24)27-13-16)12-25-8-9-26-19-5-4-17(28(29)30)11-18(19)23;/h2-7,10-11,13,25-26H,8-9,12,14H2,1H3;1H. The summed E-state index contributed by atoms with van der Waals surface area (Å²) in [6, 6.07) is 13.7. The molecule has 2 aromatic carbocycles. The van der Waals surface area contributed by atoms with E-state index in [0.717, 1.165) is 11.1 Å². The van der Waals surface area contributed by atoms with Gasteiger partial charge in [-0.05, 0) is 29.8 Å². The van der Waals surface area contributed by atoms with Crippen LogP contribution >= 0.6 is 35.6 Å². The molecule has 3 aromatic rings. The fourth-order valence-corrected chi connectivity index (χ4v) is 3.23. The Morgan fingerprint density at radius 3 is 2.48 bits per heavy atom. The summed E-state index contributed by atoms with van der Waals surface area (Å²) in [6.45, 7) is 2.25. The lowest BCUT2D eigenvalue weighted by Gasteiger charge is -2.13. The molecule has 0 unspecified atom stereocenters. The van der Waals surface area contributed by atoms with E-state index in [1.807, 2.05) is 24.3 Å². The molecule has 176 valence electrons. The average Bonchev–Trinajstić information content (AvgIpc) is 2.79. The van der Waals surface area contributed by atoms with Gasteiger partial charge < -0.3 is 20.1 Å². The zero-order valence-electron chi connectivity index (χ0n) is 17.7. The first-order valence-electron chi connectivity index (χ1n) is 9.75. The van der Waals surface area contributed by atoms with Crippen molar-refractivity contribution in [2.75, 3.05) is 25.5 Å². The predicted molar refractivity (Wildman–Crippen MR) is 132 cm³/mol. The van der Waals surface area contributed by atoms with Gasteiger partial charge in [0.2, 0.25) is 0 Å². The Bertz CT molecular complexity index is 1070. The molecule has 0 saturated carbocycles. The van der Waals surface area contributed by atoms with Gasteiger partial charge in [0, 0.05) is 43.5 Å². The molecule has 8 nitrogen and oxygen atoms in total. The van der Waals surface area contributed by atoms with Crippen LogP contribution in [0.15, 0.2) is 54.7 Å². The highest BCUT2D eigenvalue weighted by atomic mass is 35.5. The second-order valence-corrected chi connectivity index (χ2v) is 7.58. The van der Waals surface area contributed by atoms with Gasteiger partial charge in [-0.2, -0.15) is 0 Å². The second-order valence-electron chi connectivity index (χ2n) is 6.79. The lowest BCUT2D eigenvalue weighted by atomic mass is 10.2. The molecule has 0 spiro atoms. The summed E-state index contributed by atoms with van der Waals surface area (Å²) in [6.07, 6.45) is 1.67. The molecule has 1 aromatic heterocycles. The summed E-state index contributed by atoms with van der Waals surface area (Å²) in [7, 11) is 1.60. The fourth-order valence-electron chi connectivity index (χ4n) is 2.87. The Hall–Kier alpha value is -2.78. The molecule has 0 aliphatic rings. The maximum Gasteiger partial charge on any atom is 0.271 e. The second kappa shape index (κ2) is 13.1. The maximum atomic E-state index is 10.8. The van der Waals surface area contributed by atoms with Gasteiger partial charge in [0.05, 0.1) is 22.7 Å². The van der Waals surface area contributed by atoms with Crippen LogP contribution in [-0.2, 0) is 13.2 Å². The number of methoxy groups -OCH3 is 1. The molecule has 0 radical (unpaired) electrons. The number of nitrogens with zero attached hydrogens (tertiary/aromatic N) is 2. The normalized spacial score (nSPS) is 10.3. The zero-order valence-corrected chi connectivity index (χ0v) is 20.0. The third-order valence-corrected chi connectivity index (χ3v) is 5.06. The van der Waals surface area contributed by atoms with Crippen LogP contribution in [0.2, 0.25) is 10.2 Å². The monoisotopic (exact) mass is 512 g/mol. The van der Waals surface area contributed by atoms with E-state index in [1.54, 1.807) is 25.4 Å². The van der Waals surface area contributed by atoms with Crippen LogP contribution in [0.25, 0.3) is 0 Å². The van der Waals surface area contributed by atoms with Gasteiger partial charge in [-0.1, -0.05) is 35.3 Å². The molecule has 0 aliphatic carbocycles. The number of nitro groups is 1. The van der Waals surface area contributed by atoms with Gasteiger partial charge >= 0.3 is 0 Å². The quantitative estimate of drug-likeness (QED) is 0.151. The number of anilines is 1. The van der Waals surface area contributed by atoms with Crippen LogP contribution < -0.4 is 20.1 Å². The van der Waals surface area contributed by atoms with Crippen LogP contribution in [0.3, 0.4) is 0 Å². The molecule has 1 heterocycles. The van der Waals surface area contributed by atoms with Crippen LogP contribution in [0.5, 0.6) is 11.5 Å². The van der Waals surface area contributed by atoms with Crippen LogP contribution in [0, 0.1) is 10.1 Å². The van der Waals surface area contributed by atoms with Crippen molar-refractivity contribution in [3.63, 3.8) is 0 Å². The summed E-state index contributed by atoms with van der Waals surface area (Å²) in [5.74, 6) is 1.28. The van der Waals surface area contributed by atoms with Gasteiger partial charge in [0.1, 0.15) is 11.8 Å². The topological polar surface area (TPSA) is 98.5 Å². The highest BCUT2D eigenvalue weighted by molar-refractivity contribution is 6.33. The van der Waals surface area contributed by atoms with E-state index >= 15 is 0 Å². The molecule has 0 saturated heterocycles. The molecule has 0 bridgehead atoms. The molecule has 33 heavy (non-hydrogen) atoms. The first-order valence-corrected chi connectivity index (χ1v) is 10.5. The zero-order chi connectivity index (χ0) is 22.9. The van der Waals surface area contributed by atoms with Gasteiger partial charge in [0.15, 0.2) is 11.5 Å². The van der Waals surface area contributed by atoms with Crippen molar-refractivity contribution in [2.45, 2.75) is 13.2 Å². The summed E-state index contributed by atoms with van der Waals surface area (Å²) >= 11 is 11.9. The summed E-state index contributed by atoms with van der Waals surface area (Å²) < 4.78 is 11.3. The van der Waals surface area contributed by atoms with E-state index in [2.05, 4.69) is 15.6 Å². The molecule has 0 aliphatic heterocycles. The van der Waals surface area contributed by atoms with Crippen molar-refractivity contribution in [3.8, 4) is 11.5 Å². The van der Waals surface area contributed by atoms with Crippen molar-refractivity contribution in [2.24, 2.45) is 0 Å². The Labute approximate surface area is 207 Å². The van der Waals surface area contributed by atoms with Gasteiger partial charge in [-0.3, -0.25) is 10.1 Å². The molecule has 11 heteroatoms. The molecule has 2 N–H and O–H groups in total. The third-order valence-electron chi connectivity index (χ3n) is 4.52. The van der Waals surface area contributed by atoms with Crippen molar-refractivity contribution in [1.29, 1.82) is 0 Å². The van der Waals surface area contributed by atoms with E-state index in [0.29, 0.717) is 53.6 Å². The average molecular weight is 514 g/mol. The minimum atomic E-state index is -0.475. The van der Waals surface area contributed by atoms with Gasteiger partial charge in [0.25, 0.3) is 5.69 Å². The largest absolute Gasteiger partial charge is 0.493 e. The number of pyridine rings is 1. The molecule has 0 atom stereocenters. The summed E-state index contributed by atoms with van der Waals surface area (Å²) in [4.78, 5) is 14.3. The van der Waals surface area contributed by atoms with Crippen molar-refractivity contribution in [3.05, 3.63) is 86.1 Å². The number of nitrogens with one attached hydrogen (secondary N) is 2. The maximum absolute atomic E-state index is 10.8. The Morgan fingerprint density at radius 2 is 1.82 bits per heavy atom. The first-order chi connectivity index (χ1) is 15.5. The molecule has 0 fully saturated rings. The Balaban J connectivity index is 0.00000385. The lowest BCUT2D eigenvalue weighted by Crippen LogP contribution is -2.21. The van der Waals surface area contributed by atoms with Crippen molar-refractivity contribution >= 4 is 47.0 Å². The number of nitro benzene ring substituents is 1. The summed E-state index contributed by atoms with van der Waals surface area (Å²) in [5.41, 5.74) is 2.56. The third kappa shape index (κ3) is 7.94. The van der Waals surface area contributed by atoms with Crippen LogP contribution in [0.4, 0.5) is 11.4 Å². The van der Waals surface area contributed by atoms with Crippen LogP contribution in [0.1, 0.15) is 11.1 Å². The summed E-state index contributed by atoms with van der Waals surface area (Å²) in [5, 5.41) is 18.0. The Kier molecular flexibility index (Phi) is 10.5. The molecule has 0 amide bonds. The molecular weight excluding hydrogens is 491 g/mol. The molecule has 3 rings (SSSR count). The van der Waals surface area contributed by atoms with Crippen LogP contribution in [-0.4, -0.2) is 30.1 Å². The fraction of sp³-hybridized carbons (Fsp3) is 0.227. The van der Waals surface area contributed by atoms with E-state index in [4.69, 9.17) is 32.7 Å². The first kappa shape index (κ1) is 26.5. The van der Waals surface area contributed by atoms with E-state index < -0.39 is 4.92 Å². The number of benzene rings is 2.